The highest BCUT2D eigenvalue weighted by molar-refractivity contribution is 5.72. The Balaban J connectivity index is 0. The molecule has 0 heterocycles. The lowest BCUT2D eigenvalue weighted by Crippen LogP contribution is -2.20. The minimum atomic E-state index is -0.306. The Hall–Kier alpha value is -0.410. The minimum Gasteiger partial charge on any atom is -0.396 e. The zero-order valence-corrected chi connectivity index (χ0v) is 7.72. The lowest BCUT2D eigenvalue weighted by Gasteiger charge is -2.16. The molecule has 0 radical (unpaired) electrons. The molecule has 68 valence electrons. The van der Waals surface area contributed by atoms with Gasteiger partial charge in [-0.15, -0.1) is 0 Å². The van der Waals surface area contributed by atoms with Crippen LogP contribution in [0.15, 0.2) is 0 Å². The smallest absolute Gasteiger partial charge is 0.126 e. The molecule has 0 spiro atoms. The number of hydrogen-bond acceptors (Lipinski definition) is 3. The van der Waals surface area contributed by atoms with Crippen molar-refractivity contribution >= 4 is 5.78 Å². The normalized spacial score (nSPS) is 10.0. The molecule has 0 saturated carbocycles. The van der Waals surface area contributed by atoms with Gasteiger partial charge in [0.25, 0.3) is 0 Å². The van der Waals surface area contributed by atoms with Crippen molar-refractivity contribution in [2.24, 2.45) is 5.41 Å². The van der Waals surface area contributed by atoms with E-state index in [0.717, 1.165) is 0 Å². The first kappa shape index (κ1) is 13.2. The molecule has 0 aliphatic rings. The third-order valence-electron chi connectivity index (χ3n) is 0.856. The van der Waals surface area contributed by atoms with Gasteiger partial charge in [-0.1, -0.05) is 13.8 Å². The fourth-order valence-corrected chi connectivity index (χ4v) is 0.0500. The highest BCUT2D eigenvalue weighted by Crippen LogP contribution is 2.10. The molecule has 0 aromatic heterocycles. The van der Waals surface area contributed by atoms with Crippen LogP contribution in [0.1, 0.15) is 27.7 Å². The Morgan fingerprint density at radius 3 is 1.36 bits per heavy atom. The van der Waals surface area contributed by atoms with E-state index in [1.807, 2.05) is 0 Å². The van der Waals surface area contributed by atoms with Crippen molar-refractivity contribution in [3.05, 3.63) is 0 Å². The maximum absolute atomic E-state index is 9.44. The number of Topliss-reactive ketones (excluding diaryl/α,β-unsaturated/α-hetero) is 1. The Morgan fingerprint density at radius 2 is 1.36 bits per heavy atom. The van der Waals surface area contributed by atoms with Gasteiger partial charge in [-0.3, -0.25) is 0 Å². The maximum Gasteiger partial charge on any atom is 0.126 e. The van der Waals surface area contributed by atoms with Gasteiger partial charge in [0.15, 0.2) is 0 Å². The Bertz CT molecular complexity index is 97.9. The number of aliphatic hydroxyl groups excluding tert-OH is 2. The van der Waals surface area contributed by atoms with E-state index in [2.05, 4.69) is 0 Å². The summed E-state index contributed by atoms with van der Waals surface area (Å²) in [5.74, 6) is 0.167. The lowest BCUT2D eigenvalue weighted by atomic mass is 9.97. The van der Waals surface area contributed by atoms with Gasteiger partial charge in [0.1, 0.15) is 5.78 Å². The third-order valence-corrected chi connectivity index (χ3v) is 0.856. The molecule has 0 rings (SSSR count). The Morgan fingerprint density at radius 1 is 1.18 bits per heavy atom. The summed E-state index contributed by atoms with van der Waals surface area (Å²) in [6.07, 6.45) is 0. The van der Waals surface area contributed by atoms with Crippen molar-refractivity contribution < 1.29 is 15.0 Å². The summed E-state index contributed by atoms with van der Waals surface area (Å²) in [6.45, 7) is 6.74. The topological polar surface area (TPSA) is 57.5 Å². The molecule has 3 heteroatoms. The van der Waals surface area contributed by atoms with Gasteiger partial charge in [-0.05, 0) is 13.8 Å². The molecule has 0 aliphatic carbocycles. The fraction of sp³-hybridized carbons (Fsp3) is 0.875. The highest BCUT2D eigenvalue weighted by atomic mass is 16.3. The molecular formula is C8H18O3. The molecule has 2 N–H and O–H groups in total. The van der Waals surface area contributed by atoms with E-state index >= 15 is 0 Å². The molecule has 0 saturated heterocycles. The van der Waals surface area contributed by atoms with Crippen LogP contribution in [0.25, 0.3) is 0 Å². The predicted octanol–water partition coefficient (Wildman–Crippen LogP) is 0.592. The van der Waals surface area contributed by atoms with Crippen LogP contribution in [-0.4, -0.2) is 29.2 Å². The summed E-state index contributed by atoms with van der Waals surface area (Å²) in [5.41, 5.74) is -0.306. The van der Waals surface area contributed by atoms with Gasteiger partial charge in [0.05, 0.1) is 13.2 Å². The molecule has 0 amide bonds. The molecule has 0 aliphatic heterocycles. The first-order valence-electron chi connectivity index (χ1n) is 3.54. The molecule has 0 aromatic carbocycles. The van der Waals surface area contributed by atoms with E-state index in [9.17, 15) is 4.79 Å². The second-order valence-corrected chi connectivity index (χ2v) is 3.39. The average molecular weight is 162 g/mol. The van der Waals surface area contributed by atoms with Gasteiger partial charge >= 0.3 is 0 Å². The van der Waals surface area contributed by atoms with Gasteiger partial charge in [0.2, 0.25) is 0 Å². The first-order valence-corrected chi connectivity index (χ1v) is 3.54. The largest absolute Gasteiger partial charge is 0.396 e. The lowest BCUT2D eigenvalue weighted by molar-refractivity contribution is -0.114. The Kier molecular flexibility index (Phi) is 7.57. The SMILES string of the molecule is CC(C)(CO)CO.CC(C)=O. The summed E-state index contributed by atoms with van der Waals surface area (Å²) >= 11 is 0. The molecular weight excluding hydrogens is 144 g/mol. The summed E-state index contributed by atoms with van der Waals surface area (Å²) in [7, 11) is 0. The van der Waals surface area contributed by atoms with Crippen LogP contribution in [0.3, 0.4) is 0 Å². The van der Waals surface area contributed by atoms with Crippen LogP contribution in [-0.2, 0) is 4.79 Å². The van der Waals surface area contributed by atoms with Crippen molar-refractivity contribution in [2.45, 2.75) is 27.7 Å². The van der Waals surface area contributed by atoms with Crippen LogP contribution in [0.5, 0.6) is 0 Å². The van der Waals surface area contributed by atoms with Crippen molar-refractivity contribution in [3.8, 4) is 0 Å². The predicted molar refractivity (Wildman–Crippen MR) is 44.3 cm³/mol. The second kappa shape index (κ2) is 6.31. The minimum absolute atomic E-state index is 0.0451. The van der Waals surface area contributed by atoms with Crippen LogP contribution in [0, 0.1) is 5.41 Å². The average Bonchev–Trinajstić information content (AvgIpc) is 1.87. The maximum atomic E-state index is 9.44. The van der Waals surface area contributed by atoms with Gasteiger partial charge in [0, 0.05) is 5.41 Å². The first-order chi connectivity index (χ1) is 4.85. The zero-order valence-electron chi connectivity index (χ0n) is 7.72. The molecule has 3 nitrogen and oxygen atoms in total. The van der Waals surface area contributed by atoms with Crippen LogP contribution >= 0.6 is 0 Å². The van der Waals surface area contributed by atoms with E-state index < -0.39 is 0 Å². The second-order valence-electron chi connectivity index (χ2n) is 3.39. The zero-order chi connectivity index (χ0) is 9.49. The van der Waals surface area contributed by atoms with E-state index in [1.165, 1.54) is 13.8 Å². The quantitative estimate of drug-likeness (QED) is 0.625. The summed E-state index contributed by atoms with van der Waals surface area (Å²) in [4.78, 5) is 9.44. The Labute approximate surface area is 68.0 Å². The standard InChI is InChI=1S/C5H12O2.C3H6O/c1-5(2,3-6)4-7;1-3(2)4/h6-7H,3-4H2,1-2H3;1-2H3. The molecule has 0 unspecified atom stereocenters. The van der Waals surface area contributed by atoms with E-state index in [0.29, 0.717) is 0 Å². The number of carbonyl (C=O) groups is 1. The molecule has 0 aromatic rings. The number of hydrogen-bond donors (Lipinski definition) is 2. The van der Waals surface area contributed by atoms with E-state index in [1.54, 1.807) is 13.8 Å². The number of ketones is 1. The van der Waals surface area contributed by atoms with E-state index in [-0.39, 0.29) is 24.4 Å². The van der Waals surface area contributed by atoms with Gasteiger partial charge < -0.3 is 15.0 Å². The van der Waals surface area contributed by atoms with Crippen molar-refractivity contribution in [2.75, 3.05) is 13.2 Å². The molecule has 0 fully saturated rings. The number of aliphatic hydroxyl groups is 2. The fourth-order valence-electron chi connectivity index (χ4n) is 0.0500. The third kappa shape index (κ3) is 17.7. The van der Waals surface area contributed by atoms with Crippen molar-refractivity contribution in [1.82, 2.24) is 0 Å². The van der Waals surface area contributed by atoms with Crippen molar-refractivity contribution in [3.63, 3.8) is 0 Å². The van der Waals surface area contributed by atoms with Crippen LogP contribution in [0.2, 0.25) is 0 Å². The van der Waals surface area contributed by atoms with Crippen molar-refractivity contribution in [1.29, 1.82) is 0 Å². The highest BCUT2D eigenvalue weighted by Gasteiger charge is 2.13. The summed E-state index contributed by atoms with van der Waals surface area (Å²) < 4.78 is 0. The summed E-state index contributed by atoms with van der Waals surface area (Å²) in [5, 5.41) is 16.9. The van der Waals surface area contributed by atoms with E-state index in [4.69, 9.17) is 10.2 Å². The molecule has 11 heavy (non-hydrogen) atoms. The van der Waals surface area contributed by atoms with Crippen LogP contribution in [0.4, 0.5) is 0 Å². The molecule has 0 bridgehead atoms. The summed E-state index contributed by atoms with van der Waals surface area (Å²) in [6, 6.07) is 0. The van der Waals surface area contributed by atoms with Crippen LogP contribution < -0.4 is 0 Å². The van der Waals surface area contributed by atoms with Gasteiger partial charge in [-0.2, -0.15) is 0 Å². The molecule has 0 atom stereocenters. The number of carbonyl (C=O) groups excluding carboxylic acids is 1. The monoisotopic (exact) mass is 162 g/mol. The van der Waals surface area contributed by atoms with Gasteiger partial charge in [-0.25, -0.2) is 0 Å². The number of rotatable bonds is 2.